The highest BCUT2D eigenvalue weighted by Gasteiger charge is 2.32. The Labute approximate surface area is 170 Å². The Bertz CT molecular complexity index is 1060. The highest BCUT2D eigenvalue weighted by Crippen LogP contribution is 2.39. The summed E-state index contributed by atoms with van der Waals surface area (Å²) in [4.78, 5) is 38.7. The van der Waals surface area contributed by atoms with E-state index in [1.54, 1.807) is 17.4 Å². The normalized spacial score (nSPS) is 18.2. The van der Waals surface area contributed by atoms with Gasteiger partial charge in [0.25, 0.3) is 11.1 Å². The number of thioether (sulfide) groups is 1. The van der Waals surface area contributed by atoms with E-state index in [9.17, 15) is 19.5 Å². The van der Waals surface area contributed by atoms with Crippen LogP contribution in [0.1, 0.15) is 50.6 Å². The minimum atomic E-state index is -0.893. The Morgan fingerprint density at radius 2 is 1.93 bits per heavy atom. The molecule has 2 aliphatic rings. The molecule has 28 heavy (non-hydrogen) atoms. The van der Waals surface area contributed by atoms with E-state index < -0.39 is 5.97 Å². The summed E-state index contributed by atoms with van der Waals surface area (Å²) in [7, 11) is 1.47. The number of nitrogens with zero attached hydrogens (tertiary/aromatic N) is 2. The summed E-state index contributed by atoms with van der Waals surface area (Å²) in [5.74, 6) is -1.20. The molecule has 1 aliphatic heterocycles. The first-order valence-electron chi connectivity index (χ1n) is 9.08. The maximum atomic E-state index is 12.2. The smallest absolute Gasteiger partial charge is 0.339 e. The van der Waals surface area contributed by atoms with Gasteiger partial charge in [-0.1, -0.05) is 0 Å². The molecule has 2 aromatic heterocycles. The summed E-state index contributed by atoms with van der Waals surface area (Å²) >= 11 is 2.48. The number of hydrogen-bond donors (Lipinski definition) is 1. The average Bonchev–Trinajstić information content (AvgIpc) is 3.23. The first kappa shape index (κ1) is 19.0. The van der Waals surface area contributed by atoms with Crippen LogP contribution in [0.25, 0.3) is 11.1 Å². The lowest BCUT2D eigenvalue weighted by molar-refractivity contribution is -0.121. The molecule has 0 unspecified atom stereocenters. The number of rotatable bonds is 3. The highest BCUT2D eigenvalue weighted by molar-refractivity contribution is 8.18. The summed E-state index contributed by atoms with van der Waals surface area (Å²) in [5.41, 5.74) is 3.96. The zero-order chi connectivity index (χ0) is 20.2. The molecule has 6 nitrogen and oxygen atoms in total. The zero-order valence-electron chi connectivity index (χ0n) is 15.9. The van der Waals surface area contributed by atoms with E-state index in [0.29, 0.717) is 10.5 Å². The number of amides is 2. The number of carbonyl (C=O) groups excluding carboxylic acids is 2. The number of carboxylic acids is 1. The molecule has 1 saturated heterocycles. The van der Waals surface area contributed by atoms with Gasteiger partial charge in [0.15, 0.2) is 0 Å². The fraction of sp³-hybridized carbons (Fsp3) is 0.350. The number of aromatic nitrogens is 1. The van der Waals surface area contributed by atoms with Gasteiger partial charge in [0.1, 0.15) is 5.00 Å². The number of imide groups is 1. The van der Waals surface area contributed by atoms with E-state index in [1.165, 1.54) is 11.9 Å². The molecule has 1 N–H and O–H groups in total. The Kier molecular flexibility index (Phi) is 4.71. The number of aryl methyl sites for hydroxylation is 2. The van der Waals surface area contributed by atoms with Crippen molar-refractivity contribution in [3.63, 3.8) is 0 Å². The number of hydrogen-bond acceptors (Lipinski definition) is 5. The van der Waals surface area contributed by atoms with E-state index in [-0.39, 0.29) is 11.1 Å². The largest absolute Gasteiger partial charge is 0.478 e. The molecule has 3 heterocycles. The first-order chi connectivity index (χ1) is 13.3. The Morgan fingerprint density at radius 1 is 1.21 bits per heavy atom. The van der Waals surface area contributed by atoms with Crippen LogP contribution in [-0.4, -0.2) is 38.7 Å². The van der Waals surface area contributed by atoms with Crippen molar-refractivity contribution in [2.75, 3.05) is 7.05 Å². The van der Waals surface area contributed by atoms with Crippen LogP contribution >= 0.6 is 23.1 Å². The molecule has 4 rings (SSSR count). The van der Waals surface area contributed by atoms with Crippen LogP contribution in [0.5, 0.6) is 0 Å². The Hall–Kier alpha value is -2.32. The van der Waals surface area contributed by atoms with Gasteiger partial charge in [-0.2, -0.15) is 0 Å². The number of thiophene rings is 1. The van der Waals surface area contributed by atoms with Crippen molar-refractivity contribution in [2.45, 2.75) is 39.5 Å². The molecule has 2 amide bonds. The van der Waals surface area contributed by atoms with Crippen molar-refractivity contribution >= 4 is 46.3 Å². The van der Waals surface area contributed by atoms with Crippen molar-refractivity contribution in [1.82, 2.24) is 9.47 Å². The minimum Gasteiger partial charge on any atom is -0.478 e. The van der Waals surface area contributed by atoms with Gasteiger partial charge in [-0.3, -0.25) is 14.5 Å². The predicted octanol–water partition coefficient (Wildman–Crippen LogP) is 4.40. The van der Waals surface area contributed by atoms with Gasteiger partial charge in [0, 0.05) is 23.3 Å². The molecule has 0 spiro atoms. The Balaban J connectivity index is 1.84. The second-order valence-electron chi connectivity index (χ2n) is 7.10. The van der Waals surface area contributed by atoms with Gasteiger partial charge in [-0.05, 0) is 74.6 Å². The van der Waals surface area contributed by atoms with E-state index in [2.05, 4.69) is 0 Å². The fourth-order valence-corrected chi connectivity index (χ4v) is 6.17. The summed E-state index contributed by atoms with van der Waals surface area (Å²) in [5, 5.41) is 10.3. The maximum absolute atomic E-state index is 12.2. The van der Waals surface area contributed by atoms with E-state index >= 15 is 0 Å². The van der Waals surface area contributed by atoms with Gasteiger partial charge >= 0.3 is 5.97 Å². The molecule has 2 aromatic rings. The molecule has 1 fully saturated rings. The van der Waals surface area contributed by atoms with Gasteiger partial charge in [0.2, 0.25) is 0 Å². The topological polar surface area (TPSA) is 79.6 Å². The number of carboxylic acid groups (broad SMARTS) is 1. The van der Waals surface area contributed by atoms with Crippen LogP contribution in [0.4, 0.5) is 4.79 Å². The van der Waals surface area contributed by atoms with Crippen molar-refractivity contribution in [1.29, 1.82) is 0 Å². The van der Waals surface area contributed by atoms with Crippen molar-refractivity contribution in [3.05, 3.63) is 43.9 Å². The molecule has 8 heteroatoms. The standard InChI is InChI=1S/C20H20N2O4S2/c1-10-8-12(9-15-17(23)21(3)20(26)28-15)11(2)22(10)18-16(19(24)25)13-6-4-5-7-14(13)27-18/h8-9H,4-7H2,1-3H3,(H,24,25). The molecule has 0 bridgehead atoms. The van der Waals surface area contributed by atoms with Crippen molar-refractivity contribution < 1.29 is 19.5 Å². The summed E-state index contributed by atoms with van der Waals surface area (Å²) in [6, 6.07) is 1.93. The van der Waals surface area contributed by atoms with Gasteiger partial charge < -0.3 is 9.67 Å². The van der Waals surface area contributed by atoms with Crippen LogP contribution < -0.4 is 0 Å². The molecule has 146 valence electrons. The van der Waals surface area contributed by atoms with Crippen LogP contribution in [0, 0.1) is 13.8 Å². The lowest BCUT2D eigenvalue weighted by Gasteiger charge is -2.11. The predicted molar refractivity (Wildman–Crippen MR) is 110 cm³/mol. The van der Waals surface area contributed by atoms with Gasteiger partial charge in [-0.15, -0.1) is 11.3 Å². The summed E-state index contributed by atoms with van der Waals surface area (Å²) < 4.78 is 1.97. The lowest BCUT2D eigenvalue weighted by Crippen LogP contribution is -2.22. The van der Waals surface area contributed by atoms with Gasteiger partial charge in [0.05, 0.1) is 10.5 Å². The molecular formula is C20H20N2O4S2. The minimum absolute atomic E-state index is 0.288. The third-order valence-corrected chi connectivity index (χ3v) is 7.55. The van der Waals surface area contributed by atoms with Gasteiger partial charge in [-0.25, -0.2) is 4.79 Å². The zero-order valence-corrected chi connectivity index (χ0v) is 17.5. The molecule has 0 atom stereocenters. The summed E-state index contributed by atoms with van der Waals surface area (Å²) in [6.45, 7) is 3.85. The van der Waals surface area contributed by atoms with Crippen LogP contribution in [0.2, 0.25) is 0 Å². The molecule has 0 saturated carbocycles. The third-order valence-electron chi connectivity index (χ3n) is 5.31. The van der Waals surface area contributed by atoms with Crippen LogP contribution in [0.3, 0.4) is 0 Å². The highest BCUT2D eigenvalue weighted by atomic mass is 32.2. The first-order valence-corrected chi connectivity index (χ1v) is 10.7. The van der Waals surface area contributed by atoms with E-state index in [0.717, 1.165) is 69.9 Å². The van der Waals surface area contributed by atoms with E-state index in [4.69, 9.17) is 0 Å². The number of aromatic carboxylic acids is 1. The number of carbonyl (C=O) groups is 3. The maximum Gasteiger partial charge on any atom is 0.339 e. The fourth-order valence-electron chi connectivity index (χ4n) is 3.86. The average molecular weight is 417 g/mol. The second kappa shape index (κ2) is 6.93. The SMILES string of the molecule is Cc1cc(C=C2SC(=O)N(C)C2=O)c(C)n1-c1sc2c(c1C(=O)O)CCCC2. The monoisotopic (exact) mass is 416 g/mol. The Morgan fingerprint density at radius 3 is 2.57 bits per heavy atom. The van der Waals surface area contributed by atoms with E-state index in [1.807, 2.05) is 24.5 Å². The molecular weight excluding hydrogens is 396 g/mol. The molecule has 0 aromatic carbocycles. The summed E-state index contributed by atoms with van der Waals surface area (Å²) in [6.07, 6.45) is 5.57. The quantitative estimate of drug-likeness (QED) is 0.750. The lowest BCUT2D eigenvalue weighted by atomic mass is 9.95. The number of fused-ring (bicyclic) bond motifs is 1. The van der Waals surface area contributed by atoms with Crippen molar-refractivity contribution in [3.8, 4) is 5.00 Å². The van der Waals surface area contributed by atoms with Crippen molar-refractivity contribution in [2.24, 2.45) is 0 Å². The number of likely N-dealkylation sites (N-methyl/N-ethyl adjacent to an activating group) is 1. The van der Waals surface area contributed by atoms with Crippen LogP contribution in [-0.2, 0) is 17.6 Å². The molecule has 1 aliphatic carbocycles. The van der Waals surface area contributed by atoms with Crippen LogP contribution in [0.15, 0.2) is 11.0 Å². The molecule has 0 radical (unpaired) electrons. The third kappa shape index (κ3) is 2.91. The second-order valence-corrected chi connectivity index (χ2v) is 9.18.